The topological polar surface area (TPSA) is 123 Å². The number of nitrogens with one attached hydrogen (secondary N) is 2. The minimum absolute atomic E-state index is 0.0657. The molecular weight excluding hydrogens is 555 g/mol. The first-order chi connectivity index (χ1) is 20.0. The molecule has 1 aliphatic rings. The summed E-state index contributed by atoms with van der Waals surface area (Å²) in [4.78, 5) is 49.9. The van der Waals surface area contributed by atoms with Gasteiger partial charge in [-0.1, -0.05) is 12.1 Å². The lowest BCUT2D eigenvalue weighted by Crippen LogP contribution is -2.38. The third-order valence-corrected chi connectivity index (χ3v) is 7.10. The number of benzene rings is 2. The van der Waals surface area contributed by atoms with Crippen LogP contribution in [0.25, 0.3) is 16.7 Å². The number of nitrogens with zero attached hydrogens (tertiary/aromatic N) is 5. The molecule has 42 heavy (non-hydrogen) atoms. The molecule has 5 rings (SSSR count). The minimum atomic E-state index is -4.66. The zero-order valence-electron chi connectivity index (χ0n) is 23.1. The molecule has 220 valence electrons. The number of ether oxygens (including phenoxy) is 1. The molecule has 0 radical (unpaired) electrons. The molecular formula is C28H28F3N7O4. The molecule has 14 heteroatoms. The minimum Gasteiger partial charge on any atom is -0.379 e. The Morgan fingerprint density at radius 1 is 1.10 bits per heavy atom. The quantitative estimate of drug-likeness (QED) is 0.355. The van der Waals surface area contributed by atoms with Crippen LogP contribution in [0, 0.1) is 6.92 Å². The highest BCUT2D eigenvalue weighted by molar-refractivity contribution is 6.04. The van der Waals surface area contributed by atoms with Gasteiger partial charge in [0.2, 0.25) is 5.95 Å². The third-order valence-electron chi connectivity index (χ3n) is 7.10. The number of carbonyl (C=O) groups is 1. The Bertz CT molecular complexity index is 1790. The Hall–Kier alpha value is -4.56. The van der Waals surface area contributed by atoms with Crippen LogP contribution in [-0.2, 0) is 24.5 Å². The van der Waals surface area contributed by atoms with Crippen molar-refractivity contribution in [3.63, 3.8) is 0 Å². The molecule has 0 aliphatic carbocycles. The van der Waals surface area contributed by atoms with Crippen LogP contribution in [0.4, 0.5) is 24.8 Å². The fourth-order valence-electron chi connectivity index (χ4n) is 4.81. The number of halogens is 3. The number of anilines is 2. The number of hydrogen-bond acceptors (Lipinski definition) is 8. The second kappa shape index (κ2) is 11.4. The molecule has 2 N–H and O–H groups in total. The lowest BCUT2D eigenvalue weighted by molar-refractivity contribution is -0.138. The smallest absolute Gasteiger partial charge is 0.379 e. The van der Waals surface area contributed by atoms with Gasteiger partial charge in [-0.2, -0.15) is 18.2 Å². The molecule has 0 unspecified atom stereocenters. The second-order valence-corrected chi connectivity index (χ2v) is 9.88. The normalized spacial score (nSPS) is 14.2. The zero-order chi connectivity index (χ0) is 30.2. The van der Waals surface area contributed by atoms with Crippen molar-refractivity contribution in [2.75, 3.05) is 44.0 Å². The molecule has 4 aromatic rings. The van der Waals surface area contributed by atoms with Crippen molar-refractivity contribution in [3.05, 3.63) is 85.7 Å². The first kappa shape index (κ1) is 29.0. The molecule has 1 aliphatic heterocycles. The molecule has 1 saturated heterocycles. The van der Waals surface area contributed by atoms with Crippen LogP contribution >= 0.6 is 0 Å². The Kier molecular flexibility index (Phi) is 7.84. The van der Waals surface area contributed by atoms with Crippen molar-refractivity contribution in [3.8, 4) is 5.69 Å². The summed E-state index contributed by atoms with van der Waals surface area (Å²) in [5, 5.41) is 5.45. The molecule has 2 aromatic heterocycles. The fourth-order valence-corrected chi connectivity index (χ4v) is 4.81. The number of alkyl halides is 3. The van der Waals surface area contributed by atoms with Gasteiger partial charge in [0.15, 0.2) is 5.65 Å². The fraction of sp³-hybridized carbons (Fsp3) is 0.321. The summed E-state index contributed by atoms with van der Waals surface area (Å²) in [6, 6.07) is 8.04. The van der Waals surface area contributed by atoms with E-state index in [1.54, 1.807) is 20.0 Å². The zero-order valence-corrected chi connectivity index (χ0v) is 23.1. The maximum absolute atomic E-state index is 14.0. The van der Waals surface area contributed by atoms with Gasteiger partial charge in [-0.3, -0.25) is 19.1 Å². The maximum Gasteiger partial charge on any atom is 0.416 e. The number of amides is 1. The highest BCUT2D eigenvalue weighted by Gasteiger charge is 2.34. The van der Waals surface area contributed by atoms with Crippen molar-refractivity contribution in [1.82, 2.24) is 24.0 Å². The average Bonchev–Trinajstić information content (AvgIpc) is 2.97. The second-order valence-electron chi connectivity index (χ2n) is 9.88. The summed E-state index contributed by atoms with van der Waals surface area (Å²) in [7, 11) is 3.07. The number of aryl methyl sites for hydroxylation is 2. The van der Waals surface area contributed by atoms with Gasteiger partial charge in [-0.15, -0.1) is 0 Å². The van der Waals surface area contributed by atoms with Gasteiger partial charge in [0, 0.05) is 51.2 Å². The lowest BCUT2D eigenvalue weighted by Gasteiger charge is -2.27. The average molecular weight is 584 g/mol. The Labute approximate surface area is 237 Å². The van der Waals surface area contributed by atoms with E-state index in [0.717, 1.165) is 10.6 Å². The van der Waals surface area contributed by atoms with E-state index in [9.17, 15) is 27.6 Å². The molecule has 1 amide bonds. The van der Waals surface area contributed by atoms with E-state index in [-0.39, 0.29) is 46.0 Å². The molecule has 2 aromatic carbocycles. The summed E-state index contributed by atoms with van der Waals surface area (Å²) in [5.41, 5.74) is -1.29. The number of morpholine rings is 1. The predicted octanol–water partition coefficient (Wildman–Crippen LogP) is 2.93. The van der Waals surface area contributed by atoms with Crippen molar-refractivity contribution in [2.45, 2.75) is 19.6 Å². The highest BCUT2D eigenvalue weighted by Crippen LogP contribution is 2.34. The van der Waals surface area contributed by atoms with Crippen molar-refractivity contribution >= 4 is 28.6 Å². The number of rotatable bonds is 6. The van der Waals surface area contributed by atoms with Gasteiger partial charge < -0.3 is 15.4 Å². The number of hydrogen-bond donors (Lipinski definition) is 2. The van der Waals surface area contributed by atoms with Gasteiger partial charge in [0.1, 0.15) is 5.39 Å². The first-order valence-electron chi connectivity index (χ1n) is 13.1. The van der Waals surface area contributed by atoms with E-state index >= 15 is 0 Å². The Morgan fingerprint density at radius 3 is 2.52 bits per heavy atom. The van der Waals surface area contributed by atoms with Crippen LogP contribution in [0.2, 0.25) is 0 Å². The van der Waals surface area contributed by atoms with Crippen molar-refractivity contribution in [1.29, 1.82) is 0 Å². The summed E-state index contributed by atoms with van der Waals surface area (Å²) < 4.78 is 49.3. The summed E-state index contributed by atoms with van der Waals surface area (Å²) in [5.74, 6) is -0.543. The van der Waals surface area contributed by atoms with Gasteiger partial charge in [0.05, 0.1) is 24.5 Å². The van der Waals surface area contributed by atoms with Crippen LogP contribution < -0.4 is 21.9 Å². The molecule has 3 heterocycles. The Balaban J connectivity index is 1.48. The predicted molar refractivity (Wildman–Crippen MR) is 150 cm³/mol. The number of fused-ring (bicyclic) bond motifs is 1. The van der Waals surface area contributed by atoms with Crippen LogP contribution in [-0.4, -0.2) is 63.3 Å². The molecule has 0 saturated carbocycles. The van der Waals surface area contributed by atoms with E-state index in [4.69, 9.17) is 4.74 Å². The van der Waals surface area contributed by atoms with Gasteiger partial charge in [-0.05, 0) is 42.3 Å². The van der Waals surface area contributed by atoms with Gasteiger partial charge in [0.25, 0.3) is 11.5 Å². The molecule has 0 spiro atoms. The van der Waals surface area contributed by atoms with Crippen LogP contribution in [0.3, 0.4) is 0 Å². The Morgan fingerprint density at radius 2 is 1.83 bits per heavy atom. The van der Waals surface area contributed by atoms with Crippen LogP contribution in [0.1, 0.15) is 27.0 Å². The monoisotopic (exact) mass is 583 g/mol. The van der Waals surface area contributed by atoms with Crippen LogP contribution in [0.15, 0.2) is 52.2 Å². The van der Waals surface area contributed by atoms with E-state index in [1.807, 2.05) is 4.90 Å². The molecule has 0 atom stereocenters. The maximum atomic E-state index is 14.0. The van der Waals surface area contributed by atoms with E-state index in [0.29, 0.717) is 31.9 Å². The summed E-state index contributed by atoms with van der Waals surface area (Å²) >= 11 is 0. The van der Waals surface area contributed by atoms with Crippen molar-refractivity contribution in [2.24, 2.45) is 7.05 Å². The molecule has 0 bridgehead atoms. The summed E-state index contributed by atoms with van der Waals surface area (Å²) in [6.45, 7) is 3.69. The standard InChI is InChI=1S/C28H28F3N7O4/c1-16-4-7-19(13-22(16)38-25(40)20-14-33-26(32-2)35-23(20)36(3)27(38)41)34-24(39)17-5-6-18(21(12-17)28(29,30)31)15-37-8-10-42-11-9-37/h4-7,12-14H,8-11,15H2,1-3H3,(H,34,39)(H,32,33,35). The number of carbonyl (C=O) groups excluding carboxylic acids is 1. The van der Waals surface area contributed by atoms with E-state index in [2.05, 4.69) is 20.6 Å². The van der Waals surface area contributed by atoms with Gasteiger partial charge in [-0.25, -0.2) is 14.3 Å². The lowest BCUT2D eigenvalue weighted by atomic mass is 10.0. The van der Waals surface area contributed by atoms with E-state index in [1.165, 1.54) is 42.1 Å². The van der Waals surface area contributed by atoms with Crippen LogP contribution in [0.5, 0.6) is 0 Å². The van der Waals surface area contributed by atoms with Crippen molar-refractivity contribution < 1.29 is 22.7 Å². The highest BCUT2D eigenvalue weighted by atomic mass is 19.4. The third kappa shape index (κ3) is 5.63. The molecule has 1 fully saturated rings. The first-order valence-corrected chi connectivity index (χ1v) is 13.1. The molecule has 11 nitrogen and oxygen atoms in total. The largest absolute Gasteiger partial charge is 0.416 e. The summed E-state index contributed by atoms with van der Waals surface area (Å²) in [6.07, 6.45) is -3.35. The van der Waals surface area contributed by atoms with E-state index < -0.39 is 28.9 Å². The SMILES string of the molecule is CNc1ncc2c(=O)n(-c3cc(NC(=O)c4ccc(CN5CCOCC5)c(C(F)(F)F)c4)ccc3C)c(=O)n(C)c2n1. The van der Waals surface area contributed by atoms with Gasteiger partial charge >= 0.3 is 11.9 Å². The number of aromatic nitrogens is 4.